The Morgan fingerprint density at radius 1 is 1.08 bits per heavy atom. The SMILES string of the molecule is Cc1ccccc1C(=O)NC(C(=O)Nc1nnc(C(C)C)s1)C(C)C. The Morgan fingerprint density at radius 3 is 2.32 bits per heavy atom. The van der Waals surface area contributed by atoms with Gasteiger partial charge in [-0.3, -0.25) is 14.9 Å². The Morgan fingerprint density at radius 2 is 1.76 bits per heavy atom. The molecule has 25 heavy (non-hydrogen) atoms. The number of anilines is 1. The molecule has 1 atom stereocenters. The van der Waals surface area contributed by atoms with Crippen LogP contribution in [0.3, 0.4) is 0 Å². The largest absolute Gasteiger partial charge is 0.340 e. The molecule has 2 rings (SSSR count). The summed E-state index contributed by atoms with van der Waals surface area (Å²) in [5, 5.41) is 15.0. The van der Waals surface area contributed by atoms with Crippen molar-refractivity contribution in [2.75, 3.05) is 5.32 Å². The van der Waals surface area contributed by atoms with Gasteiger partial charge < -0.3 is 5.32 Å². The molecule has 2 amide bonds. The number of hydrogen-bond acceptors (Lipinski definition) is 5. The Hall–Kier alpha value is -2.28. The molecule has 134 valence electrons. The summed E-state index contributed by atoms with van der Waals surface area (Å²) in [7, 11) is 0. The van der Waals surface area contributed by atoms with Gasteiger partial charge in [0.05, 0.1) is 0 Å². The molecule has 0 aliphatic heterocycles. The monoisotopic (exact) mass is 360 g/mol. The lowest BCUT2D eigenvalue weighted by molar-refractivity contribution is -0.118. The van der Waals surface area contributed by atoms with Crippen molar-refractivity contribution in [2.24, 2.45) is 5.92 Å². The average molecular weight is 360 g/mol. The van der Waals surface area contributed by atoms with E-state index in [1.807, 2.05) is 46.8 Å². The molecule has 0 aliphatic carbocycles. The third-order valence-corrected chi connectivity index (χ3v) is 4.93. The molecule has 0 aliphatic rings. The molecule has 1 unspecified atom stereocenters. The van der Waals surface area contributed by atoms with Crippen LogP contribution >= 0.6 is 11.3 Å². The molecule has 0 radical (unpaired) electrons. The van der Waals surface area contributed by atoms with Crippen LogP contribution in [0.5, 0.6) is 0 Å². The van der Waals surface area contributed by atoms with Crippen molar-refractivity contribution in [3.63, 3.8) is 0 Å². The molecule has 6 nitrogen and oxygen atoms in total. The van der Waals surface area contributed by atoms with Gasteiger partial charge in [-0.05, 0) is 24.5 Å². The highest BCUT2D eigenvalue weighted by molar-refractivity contribution is 7.15. The van der Waals surface area contributed by atoms with Gasteiger partial charge in [0, 0.05) is 11.5 Å². The lowest BCUT2D eigenvalue weighted by Gasteiger charge is -2.21. The van der Waals surface area contributed by atoms with Gasteiger partial charge in [0.2, 0.25) is 11.0 Å². The van der Waals surface area contributed by atoms with Gasteiger partial charge in [-0.1, -0.05) is 57.2 Å². The van der Waals surface area contributed by atoms with Gasteiger partial charge in [0.25, 0.3) is 5.91 Å². The van der Waals surface area contributed by atoms with Crippen molar-refractivity contribution in [2.45, 2.75) is 46.6 Å². The second-order valence-electron chi connectivity index (χ2n) is 6.60. The third-order valence-electron chi connectivity index (χ3n) is 3.79. The molecule has 2 N–H and O–H groups in total. The van der Waals surface area contributed by atoms with E-state index in [1.165, 1.54) is 11.3 Å². The van der Waals surface area contributed by atoms with E-state index < -0.39 is 6.04 Å². The molecule has 0 saturated carbocycles. The zero-order valence-corrected chi connectivity index (χ0v) is 16.0. The van der Waals surface area contributed by atoms with Gasteiger partial charge >= 0.3 is 0 Å². The summed E-state index contributed by atoms with van der Waals surface area (Å²) in [4.78, 5) is 25.1. The van der Waals surface area contributed by atoms with Crippen LogP contribution < -0.4 is 10.6 Å². The van der Waals surface area contributed by atoms with E-state index in [2.05, 4.69) is 20.8 Å². The van der Waals surface area contributed by atoms with E-state index >= 15 is 0 Å². The Labute approximate surface area is 152 Å². The molecule has 0 spiro atoms. The number of hydrogen-bond donors (Lipinski definition) is 2. The summed E-state index contributed by atoms with van der Waals surface area (Å²) in [6.45, 7) is 9.69. The van der Waals surface area contributed by atoms with Gasteiger partial charge in [0.15, 0.2) is 0 Å². The van der Waals surface area contributed by atoms with Crippen molar-refractivity contribution in [1.29, 1.82) is 0 Å². The predicted molar refractivity (Wildman–Crippen MR) is 99.9 cm³/mol. The van der Waals surface area contributed by atoms with Crippen LogP contribution in [0.2, 0.25) is 0 Å². The number of carbonyl (C=O) groups excluding carboxylic acids is 2. The second-order valence-corrected chi connectivity index (χ2v) is 7.61. The lowest BCUT2D eigenvalue weighted by Crippen LogP contribution is -2.47. The molecule has 1 aromatic carbocycles. The quantitative estimate of drug-likeness (QED) is 0.827. The van der Waals surface area contributed by atoms with Gasteiger partial charge in [-0.15, -0.1) is 10.2 Å². The van der Waals surface area contributed by atoms with Crippen LogP contribution in [0.4, 0.5) is 5.13 Å². The van der Waals surface area contributed by atoms with Crippen molar-refractivity contribution in [3.8, 4) is 0 Å². The molecule has 0 fully saturated rings. The fourth-order valence-corrected chi connectivity index (χ4v) is 3.03. The Balaban J connectivity index is 2.10. The van der Waals surface area contributed by atoms with Crippen LogP contribution in [0.15, 0.2) is 24.3 Å². The molecule has 2 aromatic rings. The Bertz CT molecular complexity index is 755. The first-order valence-corrected chi connectivity index (χ1v) is 9.12. The number of aryl methyl sites for hydroxylation is 1. The summed E-state index contributed by atoms with van der Waals surface area (Å²) in [6.07, 6.45) is 0. The first-order chi connectivity index (χ1) is 11.8. The molecular formula is C18H24N4O2S. The van der Waals surface area contributed by atoms with E-state index in [4.69, 9.17) is 0 Å². The average Bonchev–Trinajstić information content (AvgIpc) is 3.01. The van der Waals surface area contributed by atoms with E-state index in [1.54, 1.807) is 12.1 Å². The first kappa shape index (κ1) is 19.1. The van der Waals surface area contributed by atoms with Crippen LogP contribution in [0, 0.1) is 12.8 Å². The van der Waals surface area contributed by atoms with Crippen LogP contribution in [0.1, 0.15) is 54.5 Å². The summed E-state index contributed by atoms with van der Waals surface area (Å²) in [5.74, 6) is -0.356. The van der Waals surface area contributed by atoms with E-state index in [9.17, 15) is 9.59 Å². The molecule has 1 aromatic heterocycles. The number of carbonyl (C=O) groups is 2. The summed E-state index contributed by atoms with van der Waals surface area (Å²) < 4.78 is 0. The number of amides is 2. The van der Waals surface area contributed by atoms with Gasteiger partial charge in [-0.2, -0.15) is 0 Å². The smallest absolute Gasteiger partial charge is 0.252 e. The number of rotatable bonds is 6. The van der Waals surface area contributed by atoms with Crippen molar-refractivity contribution in [1.82, 2.24) is 15.5 Å². The number of benzene rings is 1. The minimum Gasteiger partial charge on any atom is -0.340 e. The topological polar surface area (TPSA) is 84.0 Å². The van der Waals surface area contributed by atoms with E-state index in [-0.39, 0.29) is 23.7 Å². The minimum absolute atomic E-state index is 0.0644. The van der Waals surface area contributed by atoms with Crippen LogP contribution in [-0.4, -0.2) is 28.1 Å². The van der Waals surface area contributed by atoms with Crippen molar-refractivity contribution >= 4 is 28.3 Å². The van der Waals surface area contributed by atoms with Gasteiger partial charge in [0.1, 0.15) is 11.0 Å². The number of nitrogens with one attached hydrogen (secondary N) is 2. The molecule has 0 saturated heterocycles. The van der Waals surface area contributed by atoms with Crippen LogP contribution in [-0.2, 0) is 4.79 Å². The number of nitrogens with zero attached hydrogens (tertiary/aromatic N) is 2. The predicted octanol–water partition coefficient (Wildman–Crippen LogP) is 3.36. The van der Waals surface area contributed by atoms with E-state index in [0.717, 1.165) is 10.6 Å². The standard InChI is InChI=1S/C18H24N4O2S/c1-10(2)14(19-15(23)13-9-7-6-8-12(13)5)16(24)20-18-22-21-17(25-18)11(3)4/h6-11,14H,1-5H3,(H,19,23)(H,20,22,24). The zero-order chi connectivity index (χ0) is 18.6. The first-order valence-electron chi connectivity index (χ1n) is 8.30. The molecular weight excluding hydrogens is 336 g/mol. The molecule has 0 bridgehead atoms. The molecule has 7 heteroatoms. The second kappa shape index (κ2) is 8.20. The maximum Gasteiger partial charge on any atom is 0.252 e. The summed E-state index contributed by atoms with van der Waals surface area (Å²) >= 11 is 1.35. The third kappa shape index (κ3) is 4.85. The number of aromatic nitrogens is 2. The van der Waals surface area contributed by atoms with Gasteiger partial charge in [-0.25, -0.2) is 0 Å². The highest BCUT2D eigenvalue weighted by atomic mass is 32.1. The van der Waals surface area contributed by atoms with Crippen LogP contribution in [0.25, 0.3) is 0 Å². The minimum atomic E-state index is -0.654. The van der Waals surface area contributed by atoms with E-state index in [0.29, 0.717) is 10.7 Å². The highest BCUT2D eigenvalue weighted by Gasteiger charge is 2.26. The zero-order valence-electron chi connectivity index (χ0n) is 15.2. The summed E-state index contributed by atoms with van der Waals surface area (Å²) in [6, 6.07) is 6.65. The maximum atomic E-state index is 12.6. The normalized spacial score (nSPS) is 12.3. The molecule has 1 heterocycles. The summed E-state index contributed by atoms with van der Waals surface area (Å²) in [5.41, 5.74) is 1.44. The fourth-order valence-electron chi connectivity index (χ4n) is 2.28. The van der Waals surface area contributed by atoms with Crippen molar-refractivity contribution in [3.05, 3.63) is 40.4 Å². The van der Waals surface area contributed by atoms with Crippen molar-refractivity contribution < 1.29 is 9.59 Å². The maximum absolute atomic E-state index is 12.6. The lowest BCUT2D eigenvalue weighted by atomic mass is 10.0. The fraction of sp³-hybridized carbons (Fsp3) is 0.444. The Kier molecular flexibility index (Phi) is 6.25. The highest BCUT2D eigenvalue weighted by Crippen LogP contribution is 2.22.